The summed E-state index contributed by atoms with van der Waals surface area (Å²) in [5.41, 5.74) is 2.74. The van der Waals surface area contributed by atoms with E-state index in [1.807, 2.05) is 7.05 Å². The van der Waals surface area contributed by atoms with Gasteiger partial charge >= 0.3 is 0 Å². The highest BCUT2D eigenvalue weighted by molar-refractivity contribution is 5.45. The molecule has 3 nitrogen and oxygen atoms in total. The van der Waals surface area contributed by atoms with Crippen molar-refractivity contribution < 1.29 is 4.74 Å². The van der Waals surface area contributed by atoms with Crippen LogP contribution in [-0.2, 0) is 6.42 Å². The van der Waals surface area contributed by atoms with E-state index < -0.39 is 0 Å². The van der Waals surface area contributed by atoms with Gasteiger partial charge in [0.25, 0.3) is 0 Å². The quantitative estimate of drug-likeness (QED) is 0.782. The maximum Gasteiger partial charge on any atom is 0.122 e. The smallest absolute Gasteiger partial charge is 0.122 e. The van der Waals surface area contributed by atoms with Crippen LogP contribution in [0.2, 0.25) is 0 Å². The first-order chi connectivity index (χ1) is 8.86. The Kier molecular flexibility index (Phi) is 4.60. The number of nitrogens with one attached hydrogen (secondary N) is 1. The van der Waals surface area contributed by atoms with Crippen LogP contribution in [0.15, 0.2) is 18.2 Å². The Morgan fingerprint density at radius 1 is 1.44 bits per heavy atom. The molecule has 18 heavy (non-hydrogen) atoms. The van der Waals surface area contributed by atoms with Gasteiger partial charge in [-0.25, -0.2) is 0 Å². The number of hydrogen-bond acceptors (Lipinski definition) is 3. The van der Waals surface area contributed by atoms with E-state index in [0.29, 0.717) is 19.1 Å². The van der Waals surface area contributed by atoms with E-state index in [2.05, 4.69) is 29.6 Å². The zero-order valence-corrected chi connectivity index (χ0v) is 10.9. The fourth-order valence-electron chi connectivity index (χ4n) is 2.54. The van der Waals surface area contributed by atoms with Gasteiger partial charge in [0, 0.05) is 12.5 Å². The van der Waals surface area contributed by atoms with Crippen LogP contribution < -0.4 is 10.1 Å². The number of benzene rings is 1. The molecule has 0 saturated carbocycles. The lowest BCUT2D eigenvalue weighted by molar-refractivity contribution is 0.305. The van der Waals surface area contributed by atoms with Gasteiger partial charge in [-0.3, -0.25) is 0 Å². The monoisotopic (exact) mass is 244 g/mol. The number of ether oxygens (including phenoxy) is 1. The van der Waals surface area contributed by atoms with Crippen molar-refractivity contribution in [3.05, 3.63) is 29.3 Å². The lowest BCUT2D eigenvalue weighted by Gasteiger charge is -2.12. The molecule has 0 heterocycles. The van der Waals surface area contributed by atoms with Crippen molar-refractivity contribution in [1.82, 2.24) is 5.32 Å². The minimum atomic E-state index is 0.474. The van der Waals surface area contributed by atoms with Gasteiger partial charge in [-0.05, 0) is 49.9 Å². The summed E-state index contributed by atoms with van der Waals surface area (Å²) in [6, 6.07) is 8.94. The SMILES string of the molecule is CNC1CCc2c(OCCCCC#N)cccc21. The third-order valence-electron chi connectivity index (χ3n) is 3.52. The van der Waals surface area contributed by atoms with Crippen molar-refractivity contribution in [2.45, 2.75) is 38.1 Å². The molecule has 0 radical (unpaired) electrons. The first kappa shape index (κ1) is 12.9. The van der Waals surface area contributed by atoms with Gasteiger partial charge < -0.3 is 10.1 Å². The van der Waals surface area contributed by atoms with Crippen LogP contribution in [0, 0.1) is 11.3 Å². The van der Waals surface area contributed by atoms with Crippen LogP contribution in [0.25, 0.3) is 0 Å². The molecule has 0 aromatic heterocycles. The second-order valence-electron chi connectivity index (χ2n) is 4.67. The third kappa shape index (κ3) is 2.83. The standard InChI is InChI=1S/C15H20N2O/c1-17-14-9-8-13-12(14)6-5-7-15(13)18-11-4-2-3-10-16/h5-7,14,17H,2-4,8-9,11H2,1H3. The van der Waals surface area contributed by atoms with Crippen LogP contribution >= 0.6 is 0 Å². The van der Waals surface area contributed by atoms with Gasteiger partial charge in [0.05, 0.1) is 12.7 Å². The highest BCUT2D eigenvalue weighted by Crippen LogP contribution is 2.36. The van der Waals surface area contributed by atoms with Gasteiger partial charge in [-0.15, -0.1) is 0 Å². The van der Waals surface area contributed by atoms with Crippen molar-refractivity contribution in [3.8, 4) is 11.8 Å². The maximum atomic E-state index is 8.47. The molecule has 0 aliphatic heterocycles. The summed E-state index contributed by atoms with van der Waals surface area (Å²) in [7, 11) is 2.01. The summed E-state index contributed by atoms with van der Waals surface area (Å²) in [4.78, 5) is 0. The molecule has 1 aromatic rings. The van der Waals surface area contributed by atoms with E-state index in [0.717, 1.165) is 31.4 Å². The van der Waals surface area contributed by atoms with Crippen LogP contribution in [0.5, 0.6) is 5.75 Å². The normalized spacial score (nSPS) is 17.2. The summed E-state index contributed by atoms with van der Waals surface area (Å²) in [6.07, 6.45) is 4.74. The minimum Gasteiger partial charge on any atom is -0.493 e. The maximum absolute atomic E-state index is 8.47. The third-order valence-corrected chi connectivity index (χ3v) is 3.52. The Morgan fingerprint density at radius 3 is 3.11 bits per heavy atom. The molecule has 1 aliphatic rings. The summed E-state index contributed by atoms with van der Waals surface area (Å²) < 4.78 is 5.85. The number of nitrogens with zero attached hydrogens (tertiary/aromatic N) is 1. The first-order valence-corrected chi connectivity index (χ1v) is 6.65. The number of rotatable bonds is 6. The Bertz CT molecular complexity index is 437. The van der Waals surface area contributed by atoms with Gasteiger partial charge in [0.15, 0.2) is 0 Å². The molecular formula is C15H20N2O. The molecule has 0 saturated heterocycles. The zero-order chi connectivity index (χ0) is 12.8. The van der Waals surface area contributed by atoms with Crippen LogP contribution in [-0.4, -0.2) is 13.7 Å². The Labute approximate surface area is 109 Å². The van der Waals surface area contributed by atoms with Crippen LogP contribution in [0.3, 0.4) is 0 Å². The van der Waals surface area contributed by atoms with Crippen molar-refractivity contribution in [2.24, 2.45) is 0 Å². The van der Waals surface area contributed by atoms with Gasteiger partial charge in [0.1, 0.15) is 5.75 Å². The van der Waals surface area contributed by atoms with Crippen LogP contribution in [0.1, 0.15) is 42.9 Å². The fraction of sp³-hybridized carbons (Fsp3) is 0.533. The van der Waals surface area contributed by atoms with Gasteiger partial charge in [-0.1, -0.05) is 12.1 Å². The highest BCUT2D eigenvalue weighted by atomic mass is 16.5. The van der Waals surface area contributed by atoms with Crippen molar-refractivity contribution in [1.29, 1.82) is 5.26 Å². The van der Waals surface area contributed by atoms with E-state index >= 15 is 0 Å². The summed E-state index contributed by atoms with van der Waals surface area (Å²) >= 11 is 0. The predicted octanol–water partition coefficient (Wildman–Crippen LogP) is 2.97. The van der Waals surface area contributed by atoms with E-state index in [9.17, 15) is 0 Å². The Balaban J connectivity index is 1.94. The average Bonchev–Trinajstić information content (AvgIpc) is 2.82. The molecule has 1 aliphatic carbocycles. The average molecular weight is 244 g/mol. The first-order valence-electron chi connectivity index (χ1n) is 6.65. The summed E-state index contributed by atoms with van der Waals surface area (Å²) in [6.45, 7) is 0.711. The molecule has 1 N–H and O–H groups in total. The van der Waals surface area contributed by atoms with Crippen LogP contribution in [0.4, 0.5) is 0 Å². The molecule has 0 fully saturated rings. The zero-order valence-electron chi connectivity index (χ0n) is 10.9. The Hall–Kier alpha value is -1.53. The van der Waals surface area contributed by atoms with E-state index in [-0.39, 0.29) is 0 Å². The second kappa shape index (κ2) is 6.42. The molecule has 2 rings (SSSR count). The molecule has 96 valence electrons. The van der Waals surface area contributed by atoms with Crippen molar-refractivity contribution in [3.63, 3.8) is 0 Å². The lowest BCUT2D eigenvalue weighted by atomic mass is 10.1. The van der Waals surface area contributed by atoms with E-state index in [1.54, 1.807) is 0 Å². The predicted molar refractivity (Wildman–Crippen MR) is 71.5 cm³/mol. The highest BCUT2D eigenvalue weighted by Gasteiger charge is 2.23. The molecule has 1 atom stereocenters. The molecule has 1 aromatic carbocycles. The van der Waals surface area contributed by atoms with Gasteiger partial charge in [0.2, 0.25) is 0 Å². The number of nitriles is 1. The molecular weight excluding hydrogens is 224 g/mol. The molecule has 0 bridgehead atoms. The lowest BCUT2D eigenvalue weighted by Crippen LogP contribution is -2.12. The molecule has 3 heteroatoms. The Morgan fingerprint density at radius 2 is 2.33 bits per heavy atom. The second-order valence-corrected chi connectivity index (χ2v) is 4.67. The van der Waals surface area contributed by atoms with Crippen molar-refractivity contribution in [2.75, 3.05) is 13.7 Å². The summed E-state index contributed by atoms with van der Waals surface area (Å²) in [5.74, 6) is 1.03. The summed E-state index contributed by atoms with van der Waals surface area (Å²) in [5, 5.41) is 11.8. The topological polar surface area (TPSA) is 45.0 Å². The number of unbranched alkanes of at least 4 members (excludes halogenated alkanes) is 2. The largest absolute Gasteiger partial charge is 0.493 e. The molecule has 0 spiro atoms. The molecule has 1 unspecified atom stereocenters. The minimum absolute atomic E-state index is 0.474. The number of hydrogen-bond donors (Lipinski definition) is 1. The van der Waals surface area contributed by atoms with E-state index in [1.165, 1.54) is 11.1 Å². The van der Waals surface area contributed by atoms with Crippen molar-refractivity contribution >= 4 is 0 Å². The fourth-order valence-corrected chi connectivity index (χ4v) is 2.54. The number of fused-ring (bicyclic) bond motifs is 1. The molecule has 0 amide bonds. The van der Waals surface area contributed by atoms with Gasteiger partial charge in [-0.2, -0.15) is 5.26 Å². The van der Waals surface area contributed by atoms with E-state index in [4.69, 9.17) is 10.00 Å².